The highest BCUT2D eigenvalue weighted by molar-refractivity contribution is 5.96. The second-order valence-corrected chi connectivity index (χ2v) is 7.28. The molecular formula is C21H29N3O4. The second kappa shape index (κ2) is 8.91. The molecule has 152 valence electrons. The quantitative estimate of drug-likeness (QED) is 0.736. The molecule has 0 aliphatic rings. The van der Waals surface area contributed by atoms with E-state index in [0.29, 0.717) is 17.1 Å². The van der Waals surface area contributed by atoms with Gasteiger partial charge in [0, 0.05) is 7.05 Å². The van der Waals surface area contributed by atoms with Gasteiger partial charge in [0.15, 0.2) is 12.7 Å². The van der Waals surface area contributed by atoms with Crippen molar-refractivity contribution in [2.75, 3.05) is 11.9 Å². The molecule has 0 unspecified atom stereocenters. The summed E-state index contributed by atoms with van der Waals surface area (Å²) < 4.78 is 12.6. The predicted octanol–water partition coefficient (Wildman–Crippen LogP) is 3.42. The van der Waals surface area contributed by atoms with E-state index in [1.165, 1.54) is 6.92 Å². The van der Waals surface area contributed by atoms with Gasteiger partial charge >= 0.3 is 5.97 Å². The number of benzene rings is 1. The minimum absolute atomic E-state index is 0.258. The Labute approximate surface area is 166 Å². The van der Waals surface area contributed by atoms with Gasteiger partial charge in [-0.05, 0) is 50.8 Å². The number of aryl methyl sites for hydroxylation is 3. The number of nitrogens with one attached hydrogen (secondary N) is 1. The number of carbonyl (C=O) groups excluding carboxylic acids is 2. The van der Waals surface area contributed by atoms with Crippen LogP contribution in [0.3, 0.4) is 0 Å². The van der Waals surface area contributed by atoms with Gasteiger partial charge in [0.25, 0.3) is 5.91 Å². The largest absolute Gasteiger partial charge is 0.482 e. The number of amides is 1. The van der Waals surface area contributed by atoms with Crippen molar-refractivity contribution in [2.24, 2.45) is 7.05 Å². The summed E-state index contributed by atoms with van der Waals surface area (Å²) >= 11 is 0. The summed E-state index contributed by atoms with van der Waals surface area (Å²) in [5.74, 6) is -0.0857. The van der Waals surface area contributed by atoms with E-state index < -0.39 is 18.0 Å². The van der Waals surface area contributed by atoms with Gasteiger partial charge < -0.3 is 14.8 Å². The zero-order valence-electron chi connectivity index (χ0n) is 17.6. The van der Waals surface area contributed by atoms with Crippen molar-refractivity contribution in [1.82, 2.24) is 9.78 Å². The summed E-state index contributed by atoms with van der Waals surface area (Å²) in [6, 6.07) is 5.90. The standard InChI is InChI=1S/C21H29N3O4/c1-12(2)17-9-8-13(3)10-18(17)27-11-19(25)28-16(6)21(26)22-20-14(4)23-24(7)15(20)5/h8-10,12,16H,11H2,1-7H3,(H,22,26)/t16-/m0/s1. The molecule has 0 aliphatic heterocycles. The van der Waals surface area contributed by atoms with E-state index in [2.05, 4.69) is 24.3 Å². The van der Waals surface area contributed by atoms with Crippen LogP contribution in [0, 0.1) is 20.8 Å². The Morgan fingerprint density at radius 2 is 1.86 bits per heavy atom. The lowest BCUT2D eigenvalue weighted by molar-refractivity contribution is -0.155. The first-order valence-electron chi connectivity index (χ1n) is 9.34. The maximum atomic E-state index is 12.4. The molecule has 7 nitrogen and oxygen atoms in total. The Hall–Kier alpha value is -2.83. The summed E-state index contributed by atoms with van der Waals surface area (Å²) in [6.07, 6.45) is -0.947. The average molecular weight is 387 g/mol. The van der Waals surface area contributed by atoms with Crippen molar-refractivity contribution in [1.29, 1.82) is 0 Å². The number of anilines is 1. The van der Waals surface area contributed by atoms with Gasteiger partial charge in [-0.25, -0.2) is 4.79 Å². The molecule has 0 radical (unpaired) electrons. The van der Waals surface area contributed by atoms with Crippen LogP contribution < -0.4 is 10.1 Å². The maximum Gasteiger partial charge on any atom is 0.344 e. The van der Waals surface area contributed by atoms with Gasteiger partial charge in [0.1, 0.15) is 5.75 Å². The summed E-state index contributed by atoms with van der Waals surface area (Å²) in [6.45, 7) is 11.0. The fourth-order valence-electron chi connectivity index (χ4n) is 2.84. The molecule has 1 heterocycles. The molecule has 0 spiro atoms. The van der Waals surface area contributed by atoms with Crippen LogP contribution in [0.5, 0.6) is 5.75 Å². The van der Waals surface area contributed by atoms with Crippen molar-refractivity contribution in [3.05, 3.63) is 40.7 Å². The Morgan fingerprint density at radius 1 is 1.18 bits per heavy atom. The summed E-state index contributed by atoms with van der Waals surface area (Å²) in [4.78, 5) is 24.5. The Kier molecular flexibility index (Phi) is 6.83. The zero-order valence-corrected chi connectivity index (χ0v) is 17.6. The van der Waals surface area contributed by atoms with Crippen LogP contribution in [0.25, 0.3) is 0 Å². The molecular weight excluding hydrogens is 358 g/mol. The van der Waals surface area contributed by atoms with Crippen molar-refractivity contribution in [2.45, 2.75) is 53.6 Å². The van der Waals surface area contributed by atoms with Crippen LogP contribution in [-0.4, -0.2) is 34.4 Å². The van der Waals surface area contributed by atoms with E-state index in [1.54, 1.807) is 18.7 Å². The molecule has 2 rings (SSSR count). The first-order chi connectivity index (χ1) is 13.1. The van der Waals surface area contributed by atoms with Gasteiger partial charge in [-0.3, -0.25) is 9.48 Å². The first kappa shape index (κ1) is 21.5. The van der Waals surface area contributed by atoms with Gasteiger partial charge in [0.05, 0.1) is 17.1 Å². The predicted molar refractivity (Wildman–Crippen MR) is 108 cm³/mol. The van der Waals surface area contributed by atoms with Crippen molar-refractivity contribution in [3.8, 4) is 5.75 Å². The highest BCUT2D eigenvalue weighted by Gasteiger charge is 2.21. The molecule has 0 bridgehead atoms. The number of nitrogens with zero attached hydrogens (tertiary/aromatic N) is 2. The minimum atomic E-state index is -0.947. The van der Waals surface area contributed by atoms with Crippen LogP contribution >= 0.6 is 0 Å². The summed E-state index contributed by atoms with van der Waals surface area (Å²) in [5.41, 5.74) is 4.23. The highest BCUT2D eigenvalue weighted by atomic mass is 16.6. The third kappa shape index (κ3) is 5.12. The summed E-state index contributed by atoms with van der Waals surface area (Å²) in [7, 11) is 1.80. The molecule has 0 saturated carbocycles. The number of hydrogen-bond donors (Lipinski definition) is 1. The van der Waals surface area contributed by atoms with E-state index in [1.807, 2.05) is 32.0 Å². The lowest BCUT2D eigenvalue weighted by Crippen LogP contribution is -2.32. The zero-order chi connectivity index (χ0) is 21.0. The lowest BCUT2D eigenvalue weighted by atomic mass is 10.0. The van der Waals surface area contributed by atoms with E-state index in [9.17, 15) is 9.59 Å². The third-order valence-electron chi connectivity index (χ3n) is 4.57. The number of aromatic nitrogens is 2. The van der Waals surface area contributed by atoms with Crippen LogP contribution in [0.15, 0.2) is 18.2 Å². The average Bonchev–Trinajstić information content (AvgIpc) is 2.85. The molecule has 2 aromatic rings. The molecule has 28 heavy (non-hydrogen) atoms. The molecule has 7 heteroatoms. The highest BCUT2D eigenvalue weighted by Crippen LogP contribution is 2.27. The minimum Gasteiger partial charge on any atom is -0.482 e. The number of hydrogen-bond acceptors (Lipinski definition) is 5. The Balaban J connectivity index is 1.94. The van der Waals surface area contributed by atoms with Gasteiger partial charge in [0.2, 0.25) is 0 Å². The van der Waals surface area contributed by atoms with Crippen LogP contribution in [0.1, 0.15) is 49.2 Å². The van der Waals surface area contributed by atoms with Crippen molar-refractivity contribution < 1.29 is 19.1 Å². The normalized spacial score (nSPS) is 12.0. The molecule has 1 aromatic carbocycles. The second-order valence-electron chi connectivity index (χ2n) is 7.28. The van der Waals surface area contributed by atoms with Crippen LogP contribution in [0.4, 0.5) is 5.69 Å². The molecule has 0 saturated heterocycles. The summed E-state index contributed by atoms with van der Waals surface area (Å²) in [5, 5.41) is 7.02. The van der Waals surface area contributed by atoms with Crippen molar-refractivity contribution in [3.63, 3.8) is 0 Å². The lowest BCUT2D eigenvalue weighted by Gasteiger charge is -2.16. The number of rotatable bonds is 7. The van der Waals surface area contributed by atoms with E-state index in [-0.39, 0.29) is 12.5 Å². The van der Waals surface area contributed by atoms with Crippen molar-refractivity contribution >= 4 is 17.6 Å². The molecule has 0 fully saturated rings. The first-order valence-corrected chi connectivity index (χ1v) is 9.34. The van der Waals surface area contributed by atoms with Gasteiger partial charge in [-0.2, -0.15) is 5.10 Å². The van der Waals surface area contributed by atoms with E-state index >= 15 is 0 Å². The van der Waals surface area contributed by atoms with Crippen LogP contribution in [-0.2, 0) is 21.4 Å². The van der Waals surface area contributed by atoms with Gasteiger partial charge in [-0.15, -0.1) is 0 Å². The molecule has 1 aromatic heterocycles. The fraction of sp³-hybridized carbons (Fsp3) is 0.476. The van der Waals surface area contributed by atoms with E-state index in [0.717, 1.165) is 16.8 Å². The van der Waals surface area contributed by atoms with Gasteiger partial charge in [-0.1, -0.05) is 26.0 Å². The molecule has 1 amide bonds. The number of ether oxygens (including phenoxy) is 2. The smallest absolute Gasteiger partial charge is 0.344 e. The Bertz CT molecular complexity index is 871. The van der Waals surface area contributed by atoms with Crippen LogP contribution in [0.2, 0.25) is 0 Å². The molecule has 1 N–H and O–H groups in total. The number of esters is 1. The van der Waals surface area contributed by atoms with E-state index in [4.69, 9.17) is 9.47 Å². The monoisotopic (exact) mass is 387 g/mol. The maximum absolute atomic E-state index is 12.4. The molecule has 1 atom stereocenters. The Morgan fingerprint density at radius 3 is 2.43 bits per heavy atom. The third-order valence-corrected chi connectivity index (χ3v) is 4.57. The topological polar surface area (TPSA) is 82.4 Å². The SMILES string of the molecule is Cc1ccc(C(C)C)c(OCC(=O)O[C@@H](C)C(=O)Nc2c(C)nn(C)c2C)c1. The number of carbonyl (C=O) groups is 2. The fourth-order valence-corrected chi connectivity index (χ4v) is 2.84. The molecule has 0 aliphatic carbocycles.